The molecule has 3 N–H and O–H groups in total. The number of benzene rings is 2. The first-order valence-electron chi connectivity index (χ1n) is 7.55. The van der Waals surface area contributed by atoms with Crippen LogP contribution in [0.1, 0.15) is 37.3 Å². The molecular weight excluding hydrogens is 290 g/mol. The minimum Gasteiger partial charge on any atom is -0.457 e. The van der Waals surface area contributed by atoms with E-state index in [0.29, 0.717) is 5.92 Å². The average molecular weight is 311 g/mol. The molecule has 0 aliphatic carbocycles. The predicted octanol–water partition coefficient (Wildman–Crippen LogP) is 3.99. The lowest BCUT2D eigenvalue weighted by atomic mass is 9.99. The van der Waals surface area contributed by atoms with Gasteiger partial charge < -0.3 is 10.5 Å². The van der Waals surface area contributed by atoms with Crippen LogP contribution in [0.2, 0.25) is 0 Å². The lowest BCUT2D eigenvalue weighted by Crippen LogP contribution is -2.24. The number of nitrogens with two attached hydrogens (primary N) is 1. The molecule has 120 valence electrons. The molecule has 5 nitrogen and oxygen atoms in total. The number of nitrogens with zero attached hydrogens (tertiary/aromatic N) is 1. The van der Waals surface area contributed by atoms with Crippen molar-refractivity contribution in [3.05, 3.63) is 59.7 Å². The van der Waals surface area contributed by atoms with Gasteiger partial charge in [-0.1, -0.05) is 26.0 Å². The number of carbonyl (C=O) groups excluding carboxylic acids is 1. The van der Waals surface area contributed by atoms with Gasteiger partial charge in [0.15, 0.2) is 0 Å². The molecule has 2 aromatic rings. The summed E-state index contributed by atoms with van der Waals surface area (Å²) in [4.78, 5) is 10.5. The second-order valence-corrected chi connectivity index (χ2v) is 5.28. The molecule has 2 rings (SSSR count). The molecule has 0 radical (unpaired) electrons. The fourth-order valence-electron chi connectivity index (χ4n) is 2.03. The van der Waals surface area contributed by atoms with Crippen LogP contribution in [-0.4, -0.2) is 12.2 Å². The Morgan fingerprint density at radius 3 is 2.26 bits per heavy atom. The maximum absolute atomic E-state index is 10.5. The topological polar surface area (TPSA) is 76.7 Å². The van der Waals surface area contributed by atoms with Crippen LogP contribution < -0.4 is 15.9 Å². The van der Waals surface area contributed by atoms with Crippen LogP contribution in [0.3, 0.4) is 0 Å². The number of urea groups is 1. The summed E-state index contributed by atoms with van der Waals surface area (Å²) in [5.41, 5.74) is 9.21. The molecule has 0 aliphatic rings. The van der Waals surface area contributed by atoms with Crippen LogP contribution in [0.4, 0.5) is 4.79 Å². The molecule has 23 heavy (non-hydrogen) atoms. The van der Waals surface area contributed by atoms with E-state index in [0.717, 1.165) is 23.5 Å². The Morgan fingerprint density at radius 1 is 1.17 bits per heavy atom. The summed E-state index contributed by atoms with van der Waals surface area (Å²) in [6.45, 7) is 4.39. The molecule has 0 fully saturated rings. The van der Waals surface area contributed by atoms with Gasteiger partial charge in [-0.3, -0.25) is 0 Å². The van der Waals surface area contributed by atoms with E-state index in [1.165, 1.54) is 11.8 Å². The molecule has 0 aliphatic heterocycles. The number of nitrogens with one attached hydrogen (secondary N) is 1. The number of rotatable bonds is 6. The van der Waals surface area contributed by atoms with E-state index in [9.17, 15) is 4.79 Å². The van der Waals surface area contributed by atoms with E-state index >= 15 is 0 Å². The van der Waals surface area contributed by atoms with Crippen LogP contribution in [-0.2, 0) is 0 Å². The maximum atomic E-state index is 10.5. The molecule has 1 unspecified atom stereocenters. The minimum atomic E-state index is -0.693. The zero-order valence-corrected chi connectivity index (χ0v) is 13.3. The van der Waals surface area contributed by atoms with Crippen molar-refractivity contribution in [3.8, 4) is 11.5 Å². The lowest BCUT2D eigenvalue weighted by Gasteiger charge is -2.10. The maximum Gasteiger partial charge on any atom is 0.332 e. The minimum absolute atomic E-state index is 0.552. The van der Waals surface area contributed by atoms with Crippen LogP contribution in [0, 0.1) is 0 Å². The van der Waals surface area contributed by atoms with Crippen LogP contribution in [0.5, 0.6) is 11.5 Å². The second kappa shape index (κ2) is 7.98. The Bertz CT molecular complexity index is 664. The van der Waals surface area contributed by atoms with Crippen LogP contribution in [0.25, 0.3) is 0 Å². The highest BCUT2D eigenvalue weighted by Crippen LogP contribution is 2.25. The highest BCUT2D eigenvalue weighted by Gasteiger charge is 2.03. The lowest BCUT2D eigenvalue weighted by molar-refractivity contribution is 0.249. The van der Waals surface area contributed by atoms with Crippen molar-refractivity contribution >= 4 is 12.2 Å². The summed E-state index contributed by atoms with van der Waals surface area (Å²) >= 11 is 0. The van der Waals surface area contributed by atoms with Crippen molar-refractivity contribution in [2.75, 3.05) is 0 Å². The third-order valence-corrected chi connectivity index (χ3v) is 3.57. The molecule has 0 saturated carbocycles. The van der Waals surface area contributed by atoms with Gasteiger partial charge in [0.2, 0.25) is 0 Å². The van der Waals surface area contributed by atoms with E-state index in [2.05, 4.69) is 36.5 Å². The van der Waals surface area contributed by atoms with Gasteiger partial charge in [0.1, 0.15) is 11.5 Å². The van der Waals surface area contributed by atoms with Crippen molar-refractivity contribution in [3.63, 3.8) is 0 Å². The molecule has 1 atom stereocenters. The zero-order chi connectivity index (χ0) is 16.7. The first-order valence-corrected chi connectivity index (χ1v) is 7.55. The molecule has 0 aromatic heterocycles. The molecule has 2 amide bonds. The van der Waals surface area contributed by atoms with Gasteiger partial charge in [0, 0.05) is 0 Å². The van der Waals surface area contributed by atoms with Crippen LogP contribution in [0.15, 0.2) is 53.6 Å². The number of hydrazone groups is 1. The molecular formula is C18H21N3O2. The normalized spacial score (nSPS) is 12.1. The quantitative estimate of drug-likeness (QED) is 0.625. The van der Waals surface area contributed by atoms with Gasteiger partial charge in [-0.05, 0) is 59.9 Å². The van der Waals surface area contributed by atoms with Crippen LogP contribution >= 0.6 is 0 Å². The number of primary amides is 1. The summed E-state index contributed by atoms with van der Waals surface area (Å²) in [6.07, 6.45) is 2.63. The van der Waals surface area contributed by atoms with E-state index in [1.54, 1.807) is 0 Å². The van der Waals surface area contributed by atoms with E-state index in [-0.39, 0.29) is 0 Å². The monoisotopic (exact) mass is 311 g/mol. The Balaban J connectivity index is 1.98. The number of amides is 2. The van der Waals surface area contributed by atoms with Crippen molar-refractivity contribution in [2.24, 2.45) is 10.8 Å². The largest absolute Gasteiger partial charge is 0.457 e. The molecule has 5 heteroatoms. The summed E-state index contributed by atoms with van der Waals surface area (Å²) in [5, 5.41) is 3.70. The number of ether oxygens (including phenoxy) is 1. The number of hydrogen-bond donors (Lipinski definition) is 2. The van der Waals surface area contributed by atoms with Gasteiger partial charge in [-0.2, -0.15) is 5.10 Å². The van der Waals surface area contributed by atoms with Crippen molar-refractivity contribution in [2.45, 2.75) is 26.2 Å². The third kappa shape index (κ3) is 5.14. The van der Waals surface area contributed by atoms with Crippen molar-refractivity contribution < 1.29 is 9.53 Å². The molecule has 0 saturated heterocycles. The molecule has 0 heterocycles. The van der Waals surface area contributed by atoms with E-state index in [4.69, 9.17) is 10.5 Å². The Kier molecular flexibility index (Phi) is 5.74. The zero-order valence-electron chi connectivity index (χ0n) is 13.3. The predicted molar refractivity (Wildman–Crippen MR) is 92.0 cm³/mol. The van der Waals surface area contributed by atoms with E-state index in [1.807, 2.05) is 36.4 Å². The van der Waals surface area contributed by atoms with Crippen molar-refractivity contribution in [1.82, 2.24) is 5.43 Å². The summed E-state index contributed by atoms with van der Waals surface area (Å²) in [7, 11) is 0. The highest BCUT2D eigenvalue weighted by molar-refractivity contribution is 5.81. The van der Waals surface area contributed by atoms with E-state index < -0.39 is 6.03 Å². The first kappa shape index (κ1) is 16.5. The fraction of sp³-hybridized carbons (Fsp3) is 0.222. The Morgan fingerprint density at radius 2 is 1.74 bits per heavy atom. The summed E-state index contributed by atoms with van der Waals surface area (Å²) in [6, 6.07) is 14.8. The Labute approximate surface area is 136 Å². The molecule has 0 spiro atoms. The van der Waals surface area contributed by atoms with Gasteiger partial charge in [0.05, 0.1) is 6.21 Å². The number of hydrogen-bond acceptors (Lipinski definition) is 3. The highest BCUT2D eigenvalue weighted by atomic mass is 16.5. The third-order valence-electron chi connectivity index (χ3n) is 3.57. The molecule has 2 aromatic carbocycles. The van der Waals surface area contributed by atoms with Gasteiger partial charge in [0.25, 0.3) is 0 Å². The van der Waals surface area contributed by atoms with Crippen molar-refractivity contribution in [1.29, 1.82) is 0 Å². The SMILES string of the molecule is CCC(C)c1ccc(Oc2ccc(/C=N\NC(N)=O)cc2)cc1. The van der Waals surface area contributed by atoms with Gasteiger partial charge in [-0.15, -0.1) is 0 Å². The summed E-state index contributed by atoms with van der Waals surface area (Å²) in [5.74, 6) is 2.09. The smallest absolute Gasteiger partial charge is 0.332 e. The second-order valence-electron chi connectivity index (χ2n) is 5.28. The number of carbonyl (C=O) groups is 1. The molecule has 0 bridgehead atoms. The first-order chi connectivity index (χ1) is 11.1. The van der Waals surface area contributed by atoms with Gasteiger partial charge >= 0.3 is 6.03 Å². The standard InChI is InChI=1S/C18H21N3O2/c1-3-13(2)15-6-10-17(11-7-15)23-16-8-4-14(5-9-16)12-20-21-18(19)22/h4-13H,3H2,1-2H3,(H3,19,21,22)/b20-12-. The van der Waals surface area contributed by atoms with Gasteiger partial charge in [-0.25, -0.2) is 10.2 Å². The Hall–Kier alpha value is -2.82. The average Bonchev–Trinajstić information content (AvgIpc) is 2.56. The summed E-state index contributed by atoms with van der Waals surface area (Å²) < 4.78 is 5.81. The fourth-order valence-corrected chi connectivity index (χ4v) is 2.03.